The van der Waals surface area contributed by atoms with Gasteiger partial charge in [0.05, 0.1) is 24.7 Å². The van der Waals surface area contributed by atoms with Crippen molar-refractivity contribution in [2.75, 3.05) is 14.2 Å². The summed E-state index contributed by atoms with van der Waals surface area (Å²) in [6.45, 7) is 7.11. The van der Waals surface area contributed by atoms with E-state index in [1.54, 1.807) is 18.2 Å². The molecule has 0 N–H and O–H groups in total. The third-order valence-corrected chi connectivity index (χ3v) is 6.35. The number of carbonyl (C=O) groups excluding carboxylic acids is 4. The van der Waals surface area contributed by atoms with Crippen LogP contribution in [-0.2, 0) is 19.1 Å². The Hall–Kier alpha value is -3.33. The lowest BCUT2D eigenvalue weighted by Gasteiger charge is -2.18. The number of thioether (sulfide) groups is 1. The monoisotopic (exact) mass is 456 g/mol. The van der Waals surface area contributed by atoms with Crippen molar-refractivity contribution in [3.8, 4) is 5.69 Å². The van der Waals surface area contributed by atoms with E-state index in [1.165, 1.54) is 21.1 Å². The number of methoxy groups -OCH3 is 2. The summed E-state index contributed by atoms with van der Waals surface area (Å²) in [5.74, 6) is -1.61. The number of hydrogen-bond donors (Lipinski definition) is 0. The van der Waals surface area contributed by atoms with E-state index < -0.39 is 29.1 Å². The molecule has 32 heavy (non-hydrogen) atoms. The first-order valence-corrected chi connectivity index (χ1v) is 10.7. The summed E-state index contributed by atoms with van der Waals surface area (Å²) in [4.78, 5) is 50.2. The molecule has 1 aliphatic heterocycles. The average Bonchev–Trinajstić information content (AvgIpc) is 3.20. The van der Waals surface area contributed by atoms with Crippen molar-refractivity contribution < 1.29 is 28.7 Å². The minimum absolute atomic E-state index is 0.228. The van der Waals surface area contributed by atoms with Gasteiger partial charge < -0.3 is 14.0 Å². The van der Waals surface area contributed by atoms with E-state index in [-0.39, 0.29) is 4.91 Å². The minimum atomic E-state index is -1.01. The van der Waals surface area contributed by atoms with Crippen molar-refractivity contribution in [1.29, 1.82) is 0 Å². The second-order valence-electron chi connectivity index (χ2n) is 7.35. The zero-order valence-corrected chi connectivity index (χ0v) is 19.5. The number of ether oxygens (including phenoxy) is 2. The molecule has 0 radical (unpaired) electrons. The van der Waals surface area contributed by atoms with Crippen LogP contribution in [0, 0.1) is 20.8 Å². The van der Waals surface area contributed by atoms with Crippen LogP contribution in [0.25, 0.3) is 11.8 Å². The van der Waals surface area contributed by atoms with Gasteiger partial charge in [-0.2, -0.15) is 0 Å². The molecule has 1 atom stereocenters. The highest BCUT2D eigenvalue weighted by atomic mass is 32.2. The highest BCUT2D eigenvalue weighted by Gasteiger charge is 2.41. The SMILES string of the molecule is COC(=O)c1cccc(-n2c(C)cc(/C=C3/SC(=O)N([C@H](C)C(=O)OC)C3=O)c2C)c1C. The fraction of sp³-hybridized carbons (Fsp3) is 0.304. The third-order valence-electron chi connectivity index (χ3n) is 5.46. The van der Waals surface area contributed by atoms with E-state index in [0.717, 1.165) is 44.9 Å². The number of amides is 2. The topological polar surface area (TPSA) is 94.9 Å². The smallest absolute Gasteiger partial charge is 0.338 e. The first-order valence-electron chi connectivity index (χ1n) is 9.84. The average molecular weight is 457 g/mol. The maximum atomic E-state index is 12.8. The van der Waals surface area contributed by atoms with Crippen molar-refractivity contribution in [1.82, 2.24) is 9.47 Å². The van der Waals surface area contributed by atoms with Crippen LogP contribution >= 0.6 is 11.8 Å². The molecular weight excluding hydrogens is 432 g/mol. The number of aryl methyl sites for hydroxylation is 1. The number of rotatable bonds is 5. The van der Waals surface area contributed by atoms with Crippen molar-refractivity contribution >= 4 is 40.9 Å². The van der Waals surface area contributed by atoms with Crippen LogP contribution in [0.4, 0.5) is 4.79 Å². The lowest BCUT2D eigenvalue weighted by Crippen LogP contribution is -2.42. The van der Waals surface area contributed by atoms with Gasteiger partial charge in [0.1, 0.15) is 6.04 Å². The number of nitrogens with zero attached hydrogens (tertiary/aromatic N) is 2. The number of hydrogen-bond acceptors (Lipinski definition) is 7. The van der Waals surface area contributed by atoms with Gasteiger partial charge in [-0.3, -0.25) is 14.5 Å². The van der Waals surface area contributed by atoms with Crippen molar-refractivity contribution in [3.05, 3.63) is 57.2 Å². The Labute approximate surface area is 190 Å². The Morgan fingerprint density at radius 3 is 2.41 bits per heavy atom. The molecule has 0 bridgehead atoms. The Morgan fingerprint density at radius 2 is 1.78 bits per heavy atom. The first kappa shape index (κ1) is 23.3. The van der Waals surface area contributed by atoms with Gasteiger partial charge in [-0.05, 0) is 74.9 Å². The molecule has 2 heterocycles. The zero-order valence-electron chi connectivity index (χ0n) is 18.7. The number of benzene rings is 1. The number of aromatic nitrogens is 1. The third kappa shape index (κ3) is 3.95. The summed E-state index contributed by atoms with van der Waals surface area (Å²) in [6.07, 6.45) is 1.65. The van der Waals surface area contributed by atoms with Crippen LogP contribution in [0.3, 0.4) is 0 Å². The summed E-state index contributed by atoms with van der Waals surface area (Å²) in [7, 11) is 2.55. The van der Waals surface area contributed by atoms with Gasteiger partial charge in [0.15, 0.2) is 0 Å². The fourth-order valence-electron chi connectivity index (χ4n) is 3.73. The lowest BCUT2D eigenvalue weighted by molar-refractivity contribution is -0.148. The van der Waals surface area contributed by atoms with Crippen LogP contribution in [0.15, 0.2) is 29.2 Å². The number of imide groups is 1. The largest absolute Gasteiger partial charge is 0.467 e. The quantitative estimate of drug-likeness (QED) is 0.499. The van der Waals surface area contributed by atoms with Crippen LogP contribution in [0.5, 0.6) is 0 Å². The van der Waals surface area contributed by atoms with Gasteiger partial charge >= 0.3 is 11.9 Å². The van der Waals surface area contributed by atoms with Crippen molar-refractivity contribution in [3.63, 3.8) is 0 Å². The molecular formula is C23H24N2O6S. The highest BCUT2D eigenvalue weighted by molar-refractivity contribution is 8.18. The second kappa shape index (κ2) is 9.04. The molecule has 2 aromatic rings. The molecule has 0 spiro atoms. The van der Waals surface area contributed by atoms with E-state index in [2.05, 4.69) is 4.74 Å². The minimum Gasteiger partial charge on any atom is -0.467 e. The van der Waals surface area contributed by atoms with E-state index in [1.807, 2.05) is 37.5 Å². The van der Waals surface area contributed by atoms with Gasteiger partial charge in [0.25, 0.3) is 11.1 Å². The summed E-state index contributed by atoms with van der Waals surface area (Å²) in [5.41, 5.74) is 4.52. The van der Waals surface area contributed by atoms with Crippen LogP contribution in [0.1, 0.15) is 39.8 Å². The molecule has 1 aromatic heterocycles. The van der Waals surface area contributed by atoms with Gasteiger partial charge in [0.2, 0.25) is 0 Å². The summed E-state index contributed by atoms with van der Waals surface area (Å²) in [5, 5.41) is -0.519. The molecule has 1 saturated heterocycles. The van der Waals surface area contributed by atoms with Gasteiger partial charge in [-0.1, -0.05) is 6.07 Å². The Bertz CT molecular complexity index is 1160. The lowest BCUT2D eigenvalue weighted by atomic mass is 10.1. The Balaban J connectivity index is 2.02. The number of carbonyl (C=O) groups is 4. The van der Waals surface area contributed by atoms with Crippen molar-refractivity contribution in [2.24, 2.45) is 0 Å². The van der Waals surface area contributed by atoms with E-state index >= 15 is 0 Å². The molecule has 168 valence electrons. The molecule has 3 rings (SSSR count). The molecule has 1 aromatic carbocycles. The standard InChI is InChI=1S/C23H24N2O6S/c1-12-10-16(11-19-20(26)25(23(29)32-19)15(4)21(27)30-5)14(3)24(12)18-9-7-8-17(13(18)2)22(28)31-6/h7-11,15H,1-6H3/b19-11+/t15-/m1/s1. The molecule has 0 unspecified atom stereocenters. The van der Waals surface area contributed by atoms with E-state index in [9.17, 15) is 19.2 Å². The van der Waals surface area contributed by atoms with Crippen molar-refractivity contribution in [2.45, 2.75) is 33.7 Å². The maximum Gasteiger partial charge on any atom is 0.338 e. The predicted molar refractivity (Wildman–Crippen MR) is 121 cm³/mol. The maximum absolute atomic E-state index is 12.8. The Morgan fingerprint density at radius 1 is 1.09 bits per heavy atom. The molecule has 2 amide bonds. The normalized spacial score (nSPS) is 15.9. The fourth-order valence-corrected chi connectivity index (χ4v) is 4.63. The number of esters is 2. The summed E-state index contributed by atoms with van der Waals surface area (Å²) in [6, 6.07) is 6.29. The summed E-state index contributed by atoms with van der Waals surface area (Å²) < 4.78 is 11.5. The Kier molecular flexibility index (Phi) is 6.59. The van der Waals surface area contributed by atoms with Crippen LogP contribution in [-0.4, -0.2) is 52.8 Å². The molecule has 8 nitrogen and oxygen atoms in total. The van der Waals surface area contributed by atoms with E-state index in [4.69, 9.17) is 4.74 Å². The van der Waals surface area contributed by atoms with E-state index in [0.29, 0.717) is 5.56 Å². The molecule has 9 heteroatoms. The van der Waals surface area contributed by atoms with Crippen LogP contribution < -0.4 is 0 Å². The molecule has 1 aliphatic rings. The molecule has 0 aliphatic carbocycles. The van der Waals surface area contributed by atoms with Crippen LogP contribution in [0.2, 0.25) is 0 Å². The second-order valence-corrected chi connectivity index (χ2v) is 8.35. The summed E-state index contributed by atoms with van der Waals surface area (Å²) >= 11 is 0.785. The van der Waals surface area contributed by atoms with Gasteiger partial charge in [0, 0.05) is 17.1 Å². The molecule has 1 fully saturated rings. The predicted octanol–water partition coefficient (Wildman–Crippen LogP) is 3.79. The zero-order chi connectivity index (χ0) is 23.7. The first-order chi connectivity index (χ1) is 15.1. The highest BCUT2D eigenvalue weighted by Crippen LogP contribution is 2.35. The van der Waals surface area contributed by atoms with Gasteiger partial charge in [-0.25, -0.2) is 9.59 Å². The molecule has 0 saturated carbocycles. The van der Waals surface area contributed by atoms with Gasteiger partial charge in [-0.15, -0.1) is 0 Å².